The van der Waals surface area contributed by atoms with Gasteiger partial charge in [0, 0.05) is 38.5 Å². The van der Waals surface area contributed by atoms with Crippen molar-refractivity contribution in [3.63, 3.8) is 0 Å². The van der Waals surface area contributed by atoms with Gasteiger partial charge in [-0.3, -0.25) is 19.2 Å². The second kappa shape index (κ2) is 22.8. The lowest BCUT2D eigenvalue weighted by molar-refractivity contribution is -0.344. The lowest BCUT2D eigenvalue weighted by Crippen LogP contribution is -2.82. The molecule has 2 saturated carbocycles. The molecule has 11 atom stereocenters. The fourth-order valence-electron chi connectivity index (χ4n) is 12.2. The molecule has 2 bridgehead atoms. The molecule has 1 heterocycles. The highest BCUT2D eigenvalue weighted by Gasteiger charge is 2.79. The molecule has 3 fully saturated rings. The second-order valence-corrected chi connectivity index (χ2v) is 33.2. The van der Waals surface area contributed by atoms with Gasteiger partial charge in [0.2, 0.25) is 5.91 Å². The molecule has 4 aliphatic rings. The van der Waals surface area contributed by atoms with E-state index in [1.54, 1.807) is 58.0 Å². The van der Waals surface area contributed by atoms with E-state index in [-0.39, 0.29) is 36.5 Å². The molecule has 1 amide bonds. The number of amides is 1. The molecular weight excluding hydrogens is 991 g/mol. The Morgan fingerprint density at radius 1 is 0.853 bits per heavy atom. The molecule has 2 N–H and O–H groups in total. The van der Waals surface area contributed by atoms with E-state index in [0.29, 0.717) is 35.7 Å². The normalized spacial score (nSPS) is 29.2. The number of carbonyl (C=O) groups excluding carboxylic acids is 6. The van der Waals surface area contributed by atoms with Gasteiger partial charge in [0.25, 0.3) is 0 Å². The zero-order valence-corrected chi connectivity index (χ0v) is 49.2. The van der Waals surface area contributed by atoms with Crippen LogP contribution < -0.4 is 5.32 Å². The Hall–Kier alpha value is -4.53. The Morgan fingerprint density at radius 3 is 1.97 bits per heavy atom. The summed E-state index contributed by atoms with van der Waals surface area (Å²) in [6, 6.07) is 18.4. The van der Waals surface area contributed by atoms with E-state index < -0.39 is 128 Å². The summed E-state index contributed by atoms with van der Waals surface area (Å²) in [6.45, 7) is 27.3. The first-order valence-corrected chi connectivity index (χ1v) is 32.6. The van der Waals surface area contributed by atoms with Crippen LogP contribution in [0.4, 0.5) is 0 Å². The van der Waals surface area contributed by atoms with E-state index in [1.807, 2.05) is 64.2 Å². The minimum absolute atomic E-state index is 0.0976. The van der Waals surface area contributed by atoms with Crippen LogP contribution >= 0.6 is 0 Å². The zero-order chi connectivity index (χ0) is 55.7. The number of unbranched alkanes of at least 4 members (excludes halogenated alkanes) is 2. The highest BCUT2D eigenvalue weighted by Crippen LogP contribution is 2.65. The number of hydrogen-bond acceptors (Lipinski definition) is 14. The van der Waals surface area contributed by atoms with Crippen LogP contribution in [0, 0.1) is 16.7 Å². The number of Topliss-reactive ketones (excluding diaryl/α,β-unsaturated/α-hetero) is 1. The fourth-order valence-corrected chi connectivity index (χ4v) is 16.4. The topological polar surface area (TPSA) is 199 Å². The third kappa shape index (κ3) is 11.3. The average Bonchev–Trinajstić information content (AvgIpc) is 3.34. The van der Waals surface area contributed by atoms with Crippen LogP contribution in [0.25, 0.3) is 0 Å². The Balaban J connectivity index is 1.64. The van der Waals surface area contributed by atoms with Crippen molar-refractivity contribution in [1.82, 2.24) is 5.32 Å². The summed E-state index contributed by atoms with van der Waals surface area (Å²) in [4.78, 5) is 88.1. The Morgan fingerprint density at radius 2 is 1.45 bits per heavy atom. The molecule has 414 valence electrons. The number of nitrogens with one attached hydrogen (secondary N) is 1. The van der Waals surface area contributed by atoms with Gasteiger partial charge in [-0.2, -0.15) is 0 Å². The minimum Gasteiger partial charge on any atom is -0.456 e. The maximum absolute atomic E-state index is 16.6. The van der Waals surface area contributed by atoms with Crippen LogP contribution in [0.3, 0.4) is 0 Å². The van der Waals surface area contributed by atoms with E-state index in [9.17, 15) is 24.3 Å². The number of benzene rings is 2. The van der Waals surface area contributed by atoms with Gasteiger partial charge >= 0.3 is 23.9 Å². The van der Waals surface area contributed by atoms with E-state index in [0.717, 1.165) is 12.8 Å². The van der Waals surface area contributed by atoms with Gasteiger partial charge in [-0.15, -0.1) is 0 Å². The highest BCUT2D eigenvalue weighted by molar-refractivity contribution is 6.74. The van der Waals surface area contributed by atoms with Crippen LogP contribution in [0.2, 0.25) is 36.3 Å². The average molecular weight is 1080 g/mol. The van der Waals surface area contributed by atoms with Gasteiger partial charge in [0.1, 0.15) is 23.9 Å². The largest absolute Gasteiger partial charge is 0.456 e. The number of aliphatic hydroxyl groups is 1. The number of esters is 4. The molecule has 6 rings (SSSR count). The summed E-state index contributed by atoms with van der Waals surface area (Å²) in [7, 11) is -5.53. The molecule has 0 unspecified atom stereocenters. The van der Waals surface area contributed by atoms with E-state index in [1.165, 1.54) is 13.8 Å². The molecule has 2 aromatic carbocycles. The fraction of sp³-hybridized carbons (Fsp3) is 0.655. The smallest absolute Gasteiger partial charge is 0.338 e. The monoisotopic (exact) mass is 1080 g/mol. The molecule has 15 nitrogen and oxygen atoms in total. The summed E-state index contributed by atoms with van der Waals surface area (Å²) in [6.07, 6.45) is -5.79. The van der Waals surface area contributed by atoms with Crippen molar-refractivity contribution in [2.24, 2.45) is 16.7 Å². The first-order chi connectivity index (χ1) is 35.0. The van der Waals surface area contributed by atoms with Gasteiger partial charge in [0.15, 0.2) is 40.2 Å². The van der Waals surface area contributed by atoms with Crippen LogP contribution in [0.5, 0.6) is 0 Å². The van der Waals surface area contributed by atoms with Crippen molar-refractivity contribution in [2.45, 2.75) is 219 Å². The molecule has 3 aliphatic carbocycles. The van der Waals surface area contributed by atoms with Crippen molar-refractivity contribution < 1.29 is 66.4 Å². The van der Waals surface area contributed by atoms with Crippen molar-refractivity contribution >= 4 is 52.2 Å². The number of fused-ring (bicyclic) bond motifs is 5. The van der Waals surface area contributed by atoms with Crippen LogP contribution in [0.15, 0.2) is 71.8 Å². The Bertz CT molecular complexity index is 2440. The molecular formula is C58H85NO14Si2. The maximum atomic E-state index is 16.6. The van der Waals surface area contributed by atoms with Crippen LogP contribution in [-0.4, -0.2) is 112 Å². The van der Waals surface area contributed by atoms with Crippen molar-refractivity contribution in [1.29, 1.82) is 0 Å². The third-order valence-corrected chi connectivity index (χ3v) is 27.1. The SMILES string of the molecule is CCCCCC(=O)N[C@@H](c1ccccc1)[C@@H](O[Si](C)(C)C(C)(C)C)C(=O)O[C@H]1C[C@@]2(O)[C@@H](OC(=O)c3ccccc3)[C@@H]3[C@]4(OC(C)=O)CO[C@@H]4C[C@H](O[Si](CC)(CC)CC)[C@@]3(C)C(=O)[C@H](OC(C)=O)C(=C1C)C2(C)C. The number of ketones is 1. The van der Waals surface area contributed by atoms with Gasteiger partial charge in [-0.25, -0.2) is 9.59 Å². The van der Waals surface area contributed by atoms with Gasteiger partial charge in [-0.05, 0) is 85.4 Å². The summed E-state index contributed by atoms with van der Waals surface area (Å²) in [5.74, 6) is -5.49. The molecule has 2 aromatic rings. The Labute approximate surface area is 447 Å². The van der Waals surface area contributed by atoms with Gasteiger partial charge in [0.05, 0.1) is 35.6 Å². The first kappa shape index (κ1) is 59.7. The zero-order valence-electron chi connectivity index (χ0n) is 47.2. The van der Waals surface area contributed by atoms with Gasteiger partial charge in [-0.1, -0.05) is 124 Å². The number of rotatable bonds is 20. The maximum Gasteiger partial charge on any atom is 0.338 e. The van der Waals surface area contributed by atoms with Crippen molar-refractivity contribution in [3.05, 3.63) is 82.9 Å². The molecule has 0 radical (unpaired) electrons. The predicted octanol–water partition coefficient (Wildman–Crippen LogP) is 10.1. The van der Waals surface area contributed by atoms with E-state index in [2.05, 4.69) is 33.0 Å². The minimum atomic E-state index is -2.89. The summed E-state index contributed by atoms with van der Waals surface area (Å²) >= 11 is 0. The third-order valence-electron chi connectivity index (χ3n) is 18.0. The Kier molecular flexibility index (Phi) is 18.2. The lowest BCUT2D eigenvalue weighted by atomic mass is 9.44. The molecule has 0 aromatic heterocycles. The molecule has 1 aliphatic heterocycles. The standard InChI is InChI=1S/C58H85NO14Si2/c1-16-20-23-32-44(62)59-46(39-28-24-21-25-29-39)48(73-74(14,15)54(8,9)10)53(65)69-41-34-58(66)51(70-52(64)40-30-26-22-27-31-40)49-56(13,50(63)47(68-37(6)60)45(36(41)5)55(58,11)12)42(72-75(17-2,18-3)19-4)33-43-57(49,35-67-43)71-38(7)61/h21-22,24-31,41-43,46-49,51,66H,16-20,23,32-35H2,1-15H3,(H,59,62)/t41-,42-,43+,46-,47+,48+,49-,51-,56+,57-,58+/m0/s1. The summed E-state index contributed by atoms with van der Waals surface area (Å²) in [5, 5.41) is 17.1. The van der Waals surface area contributed by atoms with Crippen molar-refractivity contribution in [3.8, 4) is 0 Å². The summed E-state index contributed by atoms with van der Waals surface area (Å²) < 4.78 is 47.0. The number of hydrogen-bond donors (Lipinski definition) is 2. The van der Waals surface area contributed by atoms with Gasteiger partial charge < -0.3 is 43.0 Å². The molecule has 17 heteroatoms. The predicted molar refractivity (Wildman–Crippen MR) is 288 cm³/mol. The quantitative estimate of drug-likeness (QED) is 0.0417. The van der Waals surface area contributed by atoms with Crippen LogP contribution in [-0.2, 0) is 56.5 Å². The van der Waals surface area contributed by atoms with E-state index >= 15 is 9.59 Å². The number of carbonyl (C=O) groups is 6. The summed E-state index contributed by atoms with van der Waals surface area (Å²) in [5.41, 5.74) is -6.20. The number of ether oxygens (including phenoxy) is 5. The van der Waals surface area contributed by atoms with E-state index in [4.69, 9.17) is 32.5 Å². The first-order valence-electron chi connectivity index (χ1n) is 27.2. The lowest BCUT2D eigenvalue weighted by Gasteiger charge is -2.68. The van der Waals surface area contributed by atoms with Crippen molar-refractivity contribution in [2.75, 3.05) is 6.61 Å². The second-order valence-electron chi connectivity index (χ2n) is 23.7. The molecule has 75 heavy (non-hydrogen) atoms. The highest BCUT2D eigenvalue weighted by atomic mass is 28.4. The van der Waals surface area contributed by atoms with Crippen LogP contribution in [0.1, 0.15) is 150 Å². The molecule has 1 saturated heterocycles. The molecule has 0 spiro atoms.